The van der Waals surface area contributed by atoms with Crippen LogP contribution in [0.25, 0.3) is 0 Å². The Balaban J connectivity index is 1.67. The second-order valence-electron chi connectivity index (χ2n) is 6.19. The average Bonchev–Trinajstić information content (AvgIpc) is 3.31. The highest BCUT2D eigenvalue weighted by molar-refractivity contribution is 6.30. The lowest BCUT2D eigenvalue weighted by atomic mass is 9.90. The molecular formula is C16H17ClN2O2. The summed E-state index contributed by atoms with van der Waals surface area (Å²) in [5.41, 5.74) is 2.35. The molecule has 21 heavy (non-hydrogen) atoms. The van der Waals surface area contributed by atoms with Crippen molar-refractivity contribution in [1.29, 1.82) is 0 Å². The smallest absolute Gasteiger partial charge is 0.242 e. The minimum absolute atomic E-state index is 0.0311. The van der Waals surface area contributed by atoms with E-state index in [2.05, 4.69) is 0 Å². The molecule has 1 atom stereocenters. The van der Waals surface area contributed by atoms with Crippen LogP contribution in [0.5, 0.6) is 0 Å². The van der Waals surface area contributed by atoms with Gasteiger partial charge in [0, 0.05) is 24.0 Å². The molecule has 2 amide bonds. The molecule has 0 N–H and O–H groups in total. The zero-order valence-corrected chi connectivity index (χ0v) is 12.5. The molecule has 0 bridgehead atoms. The number of hydrogen-bond donors (Lipinski definition) is 0. The summed E-state index contributed by atoms with van der Waals surface area (Å²) >= 11 is 6.12. The van der Waals surface area contributed by atoms with Gasteiger partial charge in [0.2, 0.25) is 11.8 Å². The van der Waals surface area contributed by atoms with Crippen LogP contribution in [0.2, 0.25) is 5.02 Å². The molecule has 4 rings (SSSR count). The first-order valence-electron chi connectivity index (χ1n) is 7.50. The number of amides is 2. The summed E-state index contributed by atoms with van der Waals surface area (Å²) in [5, 5.41) is 0.689. The third-order valence-corrected chi connectivity index (χ3v) is 4.98. The van der Waals surface area contributed by atoms with Crippen molar-refractivity contribution in [3.8, 4) is 0 Å². The number of benzene rings is 1. The van der Waals surface area contributed by atoms with Crippen LogP contribution in [0.15, 0.2) is 18.2 Å². The predicted octanol–water partition coefficient (Wildman–Crippen LogP) is 2.02. The third-order valence-electron chi connectivity index (χ3n) is 4.74. The molecule has 1 saturated carbocycles. The van der Waals surface area contributed by atoms with Crippen molar-refractivity contribution in [3.63, 3.8) is 0 Å². The van der Waals surface area contributed by atoms with Gasteiger partial charge >= 0.3 is 0 Å². The summed E-state index contributed by atoms with van der Waals surface area (Å²) < 4.78 is 0. The largest absolute Gasteiger partial charge is 0.332 e. The first-order valence-corrected chi connectivity index (χ1v) is 7.88. The number of nitrogens with zero attached hydrogens (tertiary/aromatic N) is 2. The van der Waals surface area contributed by atoms with Crippen LogP contribution in [0.4, 0.5) is 0 Å². The fourth-order valence-corrected chi connectivity index (χ4v) is 3.63. The van der Waals surface area contributed by atoms with E-state index >= 15 is 0 Å². The molecule has 1 aromatic rings. The van der Waals surface area contributed by atoms with Gasteiger partial charge in [-0.2, -0.15) is 0 Å². The van der Waals surface area contributed by atoms with Gasteiger partial charge in [-0.25, -0.2) is 0 Å². The Bertz CT molecular complexity index is 627. The fourth-order valence-electron chi connectivity index (χ4n) is 3.45. The van der Waals surface area contributed by atoms with Gasteiger partial charge in [-0.3, -0.25) is 9.59 Å². The fraction of sp³-hybridized carbons (Fsp3) is 0.500. The zero-order chi connectivity index (χ0) is 14.6. The lowest BCUT2D eigenvalue weighted by Crippen LogP contribution is -2.56. The van der Waals surface area contributed by atoms with E-state index in [0.29, 0.717) is 11.6 Å². The molecule has 0 radical (unpaired) electrons. The summed E-state index contributed by atoms with van der Waals surface area (Å²) in [6, 6.07) is 5.86. The quantitative estimate of drug-likeness (QED) is 0.796. The number of carbonyl (C=O) groups is 2. The first-order chi connectivity index (χ1) is 10.1. The van der Waals surface area contributed by atoms with E-state index in [0.717, 1.165) is 31.4 Å². The first kappa shape index (κ1) is 13.1. The van der Waals surface area contributed by atoms with E-state index in [9.17, 15) is 9.59 Å². The SMILES string of the molecule is O=C(C1CC1)N1CC(=O)N2CCc3ccc(Cl)cc3C2C1. The monoisotopic (exact) mass is 304 g/mol. The lowest BCUT2D eigenvalue weighted by Gasteiger charge is -2.44. The molecule has 1 unspecified atom stereocenters. The highest BCUT2D eigenvalue weighted by Gasteiger charge is 2.42. The Labute approximate surface area is 128 Å². The van der Waals surface area contributed by atoms with Gasteiger partial charge in [-0.05, 0) is 42.5 Å². The number of hydrogen-bond acceptors (Lipinski definition) is 2. The van der Waals surface area contributed by atoms with E-state index in [-0.39, 0.29) is 30.3 Å². The number of carbonyl (C=O) groups excluding carboxylic acids is 2. The number of piperazine rings is 1. The summed E-state index contributed by atoms with van der Waals surface area (Å²) in [5.74, 6) is 0.370. The Morgan fingerprint density at radius 2 is 2.10 bits per heavy atom. The van der Waals surface area contributed by atoms with Gasteiger partial charge in [0.05, 0.1) is 12.6 Å². The Morgan fingerprint density at radius 3 is 2.86 bits per heavy atom. The summed E-state index contributed by atoms with van der Waals surface area (Å²) in [7, 11) is 0. The van der Waals surface area contributed by atoms with Crippen molar-refractivity contribution in [2.24, 2.45) is 5.92 Å². The molecule has 5 heteroatoms. The highest BCUT2D eigenvalue weighted by Crippen LogP contribution is 2.37. The van der Waals surface area contributed by atoms with Crippen molar-refractivity contribution in [2.75, 3.05) is 19.6 Å². The minimum atomic E-state index is -0.0311. The summed E-state index contributed by atoms with van der Waals surface area (Å²) in [6.07, 6.45) is 2.81. The maximum absolute atomic E-state index is 12.4. The standard InChI is InChI=1S/C16H17ClN2O2/c17-12-4-3-10-5-6-19-14(13(10)7-12)8-18(9-15(19)20)16(21)11-1-2-11/h3-4,7,11,14H,1-2,5-6,8-9H2. The van der Waals surface area contributed by atoms with Crippen molar-refractivity contribution in [2.45, 2.75) is 25.3 Å². The van der Waals surface area contributed by atoms with Gasteiger partial charge in [-0.1, -0.05) is 17.7 Å². The Morgan fingerprint density at radius 1 is 1.29 bits per heavy atom. The van der Waals surface area contributed by atoms with Crippen LogP contribution in [-0.4, -0.2) is 41.2 Å². The van der Waals surface area contributed by atoms with E-state index < -0.39 is 0 Å². The van der Waals surface area contributed by atoms with Crippen molar-refractivity contribution in [3.05, 3.63) is 34.3 Å². The molecular weight excluding hydrogens is 288 g/mol. The molecule has 0 spiro atoms. The van der Waals surface area contributed by atoms with Crippen molar-refractivity contribution in [1.82, 2.24) is 9.80 Å². The molecule has 1 aromatic carbocycles. The zero-order valence-electron chi connectivity index (χ0n) is 11.7. The Kier molecular flexibility index (Phi) is 2.96. The normalized spacial score (nSPS) is 24.6. The second-order valence-corrected chi connectivity index (χ2v) is 6.63. The number of fused-ring (bicyclic) bond motifs is 3. The lowest BCUT2D eigenvalue weighted by molar-refractivity contribution is -0.150. The maximum Gasteiger partial charge on any atom is 0.242 e. The topological polar surface area (TPSA) is 40.6 Å². The van der Waals surface area contributed by atoms with Gasteiger partial charge in [0.1, 0.15) is 0 Å². The molecule has 2 heterocycles. The van der Waals surface area contributed by atoms with E-state index in [1.807, 2.05) is 23.1 Å². The highest BCUT2D eigenvalue weighted by atomic mass is 35.5. The molecule has 1 saturated heterocycles. The average molecular weight is 305 g/mol. The van der Waals surface area contributed by atoms with E-state index in [4.69, 9.17) is 11.6 Å². The van der Waals surface area contributed by atoms with Crippen molar-refractivity contribution < 1.29 is 9.59 Å². The number of rotatable bonds is 1. The molecule has 110 valence electrons. The van der Waals surface area contributed by atoms with Gasteiger partial charge < -0.3 is 9.80 Å². The molecule has 1 aliphatic carbocycles. The van der Waals surface area contributed by atoms with Crippen LogP contribution < -0.4 is 0 Å². The van der Waals surface area contributed by atoms with Crippen LogP contribution in [-0.2, 0) is 16.0 Å². The molecule has 2 fully saturated rings. The summed E-state index contributed by atoms with van der Waals surface area (Å²) in [6.45, 7) is 1.58. The van der Waals surface area contributed by atoms with E-state index in [1.54, 1.807) is 4.90 Å². The molecule has 0 aromatic heterocycles. The number of halogens is 1. The van der Waals surface area contributed by atoms with E-state index in [1.165, 1.54) is 5.56 Å². The van der Waals surface area contributed by atoms with Gasteiger partial charge in [0.25, 0.3) is 0 Å². The van der Waals surface area contributed by atoms with Crippen LogP contribution in [0.1, 0.15) is 30.0 Å². The van der Waals surface area contributed by atoms with Gasteiger partial charge in [0.15, 0.2) is 0 Å². The molecule has 3 aliphatic rings. The summed E-state index contributed by atoms with van der Waals surface area (Å²) in [4.78, 5) is 28.3. The van der Waals surface area contributed by atoms with Crippen LogP contribution in [0, 0.1) is 5.92 Å². The molecule has 2 aliphatic heterocycles. The van der Waals surface area contributed by atoms with Crippen LogP contribution >= 0.6 is 11.6 Å². The van der Waals surface area contributed by atoms with Crippen molar-refractivity contribution >= 4 is 23.4 Å². The maximum atomic E-state index is 12.4. The minimum Gasteiger partial charge on any atom is -0.332 e. The predicted molar refractivity (Wildman–Crippen MR) is 78.9 cm³/mol. The Hall–Kier alpha value is -1.55. The second kappa shape index (κ2) is 4.73. The third kappa shape index (κ3) is 2.22. The van der Waals surface area contributed by atoms with Crippen LogP contribution in [0.3, 0.4) is 0 Å². The van der Waals surface area contributed by atoms with Gasteiger partial charge in [-0.15, -0.1) is 0 Å². The molecule has 4 nitrogen and oxygen atoms in total.